The first-order chi connectivity index (χ1) is 3.98. The zero-order chi connectivity index (χ0) is 7.49. The molecule has 0 rings (SSSR count). The van der Waals surface area contributed by atoms with Crippen LogP contribution >= 0.6 is 0 Å². The van der Waals surface area contributed by atoms with Crippen molar-refractivity contribution in [2.75, 3.05) is 0 Å². The molecule has 0 saturated carbocycles. The van der Waals surface area contributed by atoms with Gasteiger partial charge in [0.1, 0.15) is 5.71 Å². The molecule has 1 N–H and O–H groups in total. The van der Waals surface area contributed by atoms with Crippen molar-refractivity contribution in [3.8, 4) is 12.3 Å². The first-order valence-electron chi connectivity index (χ1n) is 2.06. The van der Waals surface area contributed by atoms with Crippen LogP contribution in [0, 0.1) is 17.8 Å². The fourth-order valence-corrected chi connectivity index (χ4v) is 0.202. The summed E-state index contributed by atoms with van der Waals surface area (Å²) in [5, 5.41) is 6.27. The van der Waals surface area contributed by atoms with Crippen molar-refractivity contribution in [2.24, 2.45) is 0 Å². The predicted molar refractivity (Wildman–Crippen MR) is 27.2 cm³/mol. The molecule has 0 fully saturated rings. The number of halogens is 3. The van der Waals surface area contributed by atoms with Crippen LogP contribution < -0.4 is 0 Å². The van der Waals surface area contributed by atoms with Gasteiger partial charge in [0.2, 0.25) is 0 Å². The van der Waals surface area contributed by atoms with Gasteiger partial charge in [0.25, 0.3) is 0 Å². The second-order valence-corrected chi connectivity index (χ2v) is 1.36. The lowest BCUT2D eigenvalue weighted by atomic mass is 10.3. The van der Waals surface area contributed by atoms with Crippen LogP contribution in [0.4, 0.5) is 13.2 Å². The molecule has 0 aliphatic carbocycles. The van der Waals surface area contributed by atoms with E-state index in [1.165, 1.54) is 0 Å². The normalized spacial score (nSPS) is 10.4. The van der Waals surface area contributed by atoms with Crippen LogP contribution in [0.25, 0.3) is 0 Å². The van der Waals surface area contributed by atoms with E-state index >= 15 is 0 Å². The van der Waals surface area contributed by atoms with E-state index in [0.717, 1.165) is 0 Å². The maximum absolute atomic E-state index is 11.3. The Hall–Kier alpha value is -0.980. The van der Waals surface area contributed by atoms with Crippen LogP contribution in [-0.4, -0.2) is 11.9 Å². The summed E-state index contributed by atoms with van der Waals surface area (Å²) in [5.74, 6) is 1.73. The van der Waals surface area contributed by atoms with Gasteiger partial charge in [-0.15, -0.1) is 12.3 Å². The van der Waals surface area contributed by atoms with Crippen LogP contribution in [0.2, 0.25) is 0 Å². The third-order valence-corrected chi connectivity index (χ3v) is 0.621. The molecule has 0 aliphatic rings. The molecular formula is C5H4F3N. The van der Waals surface area contributed by atoms with Gasteiger partial charge in [0, 0.05) is 0 Å². The van der Waals surface area contributed by atoms with E-state index in [-0.39, 0.29) is 0 Å². The Labute approximate surface area is 50.4 Å². The molecule has 1 nitrogen and oxygen atoms in total. The van der Waals surface area contributed by atoms with E-state index in [0.29, 0.717) is 0 Å². The van der Waals surface area contributed by atoms with Gasteiger partial charge in [-0.25, -0.2) is 0 Å². The molecule has 0 spiro atoms. The van der Waals surface area contributed by atoms with Crippen molar-refractivity contribution in [1.82, 2.24) is 0 Å². The fourth-order valence-electron chi connectivity index (χ4n) is 0.202. The molecule has 0 heterocycles. The second kappa shape index (κ2) is 2.53. The first-order valence-corrected chi connectivity index (χ1v) is 2.06. The smallest absolute Gasteiger partial charge is 0.300 e. The van der Waals surface area contributed by atoms with Crippen LogP contribution in [0.1, 0.15) is 6.42 Å². The molecule has 0 aliphatic heterocycles. The van der Waals surface area contributed by atoms with Gasteiger partial charge in [-0.3, -0.25) is 5.41 Å². The first kappa shape index (κ1) is 8.02. The molecule has 0 aromatic carbocycles. The number of hydrogen-bond acceptors (Lipinski definition) is 1. The van der Waals surface area contributed by atoms with E-state index in [4.69, 9.17) is 5.41 Å². The lowest BCUT2D eigenvalue weighted by Gasteiger charge is -2.02. The topological polar surface area (TPSA) is 23.9 Å². The molecule has 0 aromatic rings. The molecule has 0 aromatic heterocycles. The summed E-state index contributed by atoms with van der Waals surface area (Å²) in [6, 6.07) is 0. The average Bonchev–Trinajstić information content (AvgIpc) is 1.64. The highest BCUT2D eigenvalue weighted by molar-refractivity contribution is 5.88. The summed E-state index contributed by atoms with van der Waals surface area (Å²) < 4.78 is 33.9. The van der Waals surface area contributed by atoms with Crippen molar-refractivity contribution in [3.05, 3.63) is 0 Å². The van der Waals surface area contributed by atoms with Crippen LogP contribution in [-0.2, 0) is 0 Å². The Morgan fingerprint density at radius 1 is 1.56 bits per heavy atom. The summed E-state index contributed by atoms with van der Waals surface area (Å²) in [4.78, 5) is 0. The molecule has 50 valence electrons. The maximum atomic E-state index is 11.3. The van der Waals surface area contributed by atoms with E-state index in [9.17, 15) is 13.2 Å². The Bertz CT molecular complexity index is 151. The predicted octanol–water partition coefficient (Wildman–Crippen LogP) is 1.59. The summed E-state index contributed by atoms with van der Waals surface area (Å²) in [7, 11) is 0. The van der Waals surface area contributed by atoms with Gasteiger partial charge in [0.05, 0.1) is 6.42 Å². The monoisotopic (exact) mass is 135 g/mol. The Morgan fingerprint density at radius 3 is 2.11 bits per heavy atom. The van der Waals surface area contributed by atoms with Gasteiger partial charge in [-0.1, -0.05) is 0 Å². The number of terminal acetylenes is 1. The number of alkyl halides is 3. The SMILES string of the molecule is C#CCC(=N)C(F)(F)F. The van der Waals surface area contributed by atoms with Gasteiger partial charge in [-0.05, 0) is 0 Å². The van der Waals surface area contributed by atoms with Gasteiger partial charge in [0.15, 0.2) is 0 Å². The maximum Gasteiger partial charge on any atom is 0.429 e. The molecule has 0 radical (unpaired) electrons. The molecule has 0 amide bonds. The van der Waals surface area contributed by atoms with E-state index in [1.807, 2.05) is 0 Å². The Kier molecular flexibility index (Phi) is 2.26. The lowest BCUT2D eigenvalue weighted by Crippen LogP contribution is -2.20. The van der Waals surface area contributed by atoms with Crippen molar-refractivity contribution in [3.63, 3.8) is 0 Å². The largest absolute Gasteiger partial charge is 0.429 e. The highest BCUT2D eigenvalue weighted by Gasteiger charge is 2.32. The molecule has 4 heteroatoms. The van der Waals surface area contributed by atoms with Crippen molar-refractivity contribution < 1.29 is 13.2 Å². The fraction of sp³-hybridized carbons (Fsp3) is 0.400. The highest BCUT2D eigenvalue weighted by atomic mass is 19.4. The van der Waals surface area contributed by atoms with Crippen molar-refractivity contribution in [1.29, 1.82) is 5.41 Å². The molecule has 0 atom stereocenters. The van der Waals surface area contributed by atoms with E-state index in [1.54, 1.807) is 5.92 Å². The minimum Gasteiger partial charge on any atom is -0.300 e. The minimum absolute atomic E-state index is 0.649. The summed E-state index contributed by atoms with van der Waals surface area (Å²) in [6.07, 6.45) is -0.663. The Balaban J connectivity index is 3.93. The standard InChI is InChI=1S/C5H4F3N/c1-2-3-4(9)5(6,7)8/h1,9H,3H2. The zero-order valence-electron chi connectivity index (χ0n) is 4.42. The second-order valence-electron chi connectivity index (χ2n) is 1.36. The van der Waals surface area contributed by atoms with E-state index < -0.39 is 18.3 Å². The van der Waals surface area contributed by atoms with Gasteiger partial charge >= 0.3 is 6.18 Å². The third kappa shape index (κ3) is 2.75. The average molecular weight is 135 g/mol. The van der Waals surface area contributed by atoms with Crippen LogP contribution in [0.5, 0.6) is 0 Å². The number of rotatable bonds is 1. The highest BCUT2D eigenvalue weighted by Crippen LogP contribution is 2.17. The van der Waals surface area contributed by atoms with Crippen LogP contribution in [0.15, 0.2) is 0 Å². The van der Waals surface area contributed by atoms with E-state index in [2.05, 4.69) is 6.42 Å². The Morgan fingerprint density at radius 2 is 2.00 bits per heavy atom. The molecular weight excluding hydrogens is 131 g/mol. The van der Waals surface area contributed by atoms with Crippen molar-refractivity contribution >= 4 is 5.71 Å². The number of hydrogen-bond donors (Lipinski definition) is 1. The quantitative estimate of drug-likeness (QED) is 0.417. The van der Waals surface area contributed by atoms with Crippen molar-refractivity contribution in [2.45, 2.75) is 12.6 Å². The van der Waals surface area contributed by atoms with Crippen LogP contribution in [0.3, 0.4) is 0 Å². The third-order valence-electron chi connectivity index (χ3n) is 0.621. The molecule has 0 bridgehead atoms. The lowest BCUT2D eigenvalue weighted by molar-refractivity contribution is -0.0606. The summed E-state index contributed by atoms with van der Waals surface area (Å²) >= 11 is 0. The molecule has 0 unspecified atom stereocenters. The molecule has 0 saturated heterocycles. The minimum atomic E-state index is -4.55. The summed E-state index contributed by atoms with van der Waals surface area (Å²) in [5.41, 5.74) is -1.37. The number of nitrogens with one attached hydrogen (secondary N) is 1. The van der Waals surface area contributed by atoms with Gasteiger partial charge < -0.3 is 0 Å². The molecule has 9 heavy (non-hydrogen) atoms. The summed E-state index contributed by atoms with van der Waals surface area (Å²) in [6.45, 7) is 0. The van der Waals surface area contributed by atoms with Gasteiger partial charge in [-0.2, -0.15) is 13.2 Å². The zero-order valence-corrected chi connectivity index (χ0v) is 4.42.